The van der Waals surface area contributed by atoms with Crippen molar-refractivity contribution in [3.05, 3.63) is 0 Å². The van der Waals surface area contributed by atoms with Gasteiger partial charge in [-0.1, -0.05) is 20.3 Å². The third kappa shape index (κ3) is 7.05. The van der Waals surface area contributed by atoms with E-state index < -0.39 is 0 Å². The van der Waals surface area contributed by atoms with Crippen LogP contribution in [0.3, 0.4) is 0 Å². The Morgan fingerprint density at radius 1 is 1.20 bits per heavy atom. The van der Waals surface area contributed by atoms with Crippen LogP contribution in [0.15, 0.2) is 0 Å². The Bertz CT molecular complexity index is 211. The summed E-state index contributed by atoms with van der Waals surface area (Å²) in [7, 11) is 0. The largest absolute Gasteiger partial charge is 0.378 e. The zero-order valence-corrected chi connectivity index (χ0v) is 13.8. The second-order valence-electron chi connectivity index (χ2n) is 5.91. The second-order valence-corrected chi connectivity index (χ2v) is 5.91. The maximum atomic E-state index is 5.97. The maximum absolute atomic E-state index is 5.97. The summed E-state index contributed by atoms with van der Waals surface area (Å²) in [6.07, 6.45) is 10.6. The Labute approximate surface area is 125 Å². The summed E-state index contributed by atoms with van der Waals surface area (Å²) in [6, 6.07) is 0.510. The summed E-state index contributed by atoms with van der Waals surface area (Å²) in [4.78, 5) is 0. The Hall–Kier alpha value is -0.120. The normalized spacial score (nSPS) is 22.1. The van der Waals surface area contributed by atoms with Crippen LogP contribution in [0.5, 0.6) is 0 Å². The van der Waals surface area contributed by atoms with Gasteiger partial charge in [0.1, 0.15) is 0 Å². The van der Waals surface area contributed by atoms with E-state index in [0.29, 0.717) is 18.2 Å². The second kappa shape index (κ2) is 11.5. The molecule has 0 saturated carbocycles. The van der Waals surface area contributed by atoms with E-state index in [-0.39, 0.29) is 0 Å². The van der Waals surface area contributed by atoms with Gasteiger partial charge in [0.2, 0.25) is 0 Å². The molecule has 120 valence electrons. The van der Waals surface area contributed by atoms with E-state index >= 15 is 0 Å². The minimum absolute atomic E-state index is 0.376. The zero-order chi connectivity index (χ0) is 14.6. The van der Waals surface area contributed by atoms with Crippen LogP contribution in [0.25, 0.3) is 0 Å². The highest BCUT2D eigenvalue weighted by atomic mass is 16.5. The molecule has 1 N–H and O–H groups in total. The number of hydrogen-bond acceptors (Lipinski definition) is 3. The molecule has 0 bridgehead atoms. The topological polar surface area (TPSA) is 30.5 Å². The first kappa shape index (κ1) is 17.9. The molecule has 0 radical (unpaired) electrons. The molecule has 3 nitrogen and oxygen atoms in total. The molecule has 3 heteroatoms. The quantitative estimate of drug-likeness (QED) is 0.590. The van der Waals surface area contributed by atoms with Crippen LogP contribution in [0, 0.1) is 0 Å². The van der Waals surface area contributed by atoms with Crippen molar-refractivity contribution < 1.29 is 9.47 Å². The number of nitrogens with one attached hydrogen (secondary N) is 1. The van der Waals surface area contributed by atoms with Gasteiger partial charge in [-0.25, -0.2) is 0 Å². The summed E-state index contributed by atoms with van der Waals surface area (Å²) in [6.45, 7) is 9.46. The van der Waals surface area contributed by atoms with E-state index in [4.69, 9.17) is 9.47 Å². The average Bonchev–Trinajstić information content (AvgIpc) is 2.96. The van der Waals surface area contributed by atoms with Gasteiger partial charge in [-0.05, 0) is 58.4 Å². The molecule has 0 amide bonds. The van der Waals surface area contributed by atoms with Crippen molar-refractivity contribution in [3.63, 3.8) is 0 Å². The number of ether oxygens (including phenoxy) is 2. The lowest BCUT2D eigenvalue weighted by Crippen LogP contribution is -2.42. The third-order valence-electron chi connectivity index (χ3n) is 4.12. The van der Waals surface area contributed by atoms with Gasteiger partial charge < -0.3 is 14.8 Å². The monoisotopic (exact) mass is 285 g/mol. The summed E-state index contributed by atoms with van der Waals surface area (Å²) in [5.41, 5.74) is 0. The highest BCUT2D eigenvalue weighted by Gasteiger charge is 2.21. The van der Waals surface area contributed by atoms with Gasteiger partial charge in [-0.3, -0.25) is 0 Å². The van der Waals surface area contributed by atoms with Crippen molar-refractivity contribution in [2.45, 2.75) is 90.4 Å². The van der Waals surface area contributed by atoms with E-state index in [1.807, 2.05) is 0 Å². The van der Waals surface area contributed by atoms with E-state index in [1.54, 1.807) is 0 Å². The van der Waals surface area contributed by atoms with Crippen molar-refractivity contribution in [3.8, 4) is 0 Å². The highest BCUT2D eigenvalue weighted by molar-refractivity contribution is 4.78. The molecule has 0 aromatic carbocycles. The first-order valence-electron chi connectivity index (χ1n) is 8.78. The smallest absolute Gasteiger partial charge is 0.0727 e. The van der Waals surface area contributed by atoms with E-state index in [1.165, 1.54) is 44.9 Å². The lowest BCUT2D eigenvalue weighted by atomic mass is 9.98. The molecule has 3 unspecified atom stereocenters. The van der Waals surface area contributed by atoms with Crippen LogP contribution in [0.2, 0.25) is 0 Å². The fraction of sp³-hybridized carbons (Fsp3) is 1.00. The van der Waals surface area contributed by atoms with E-state index in [2.05, 4.69) is 26.1 Å². The summed E-state index contributed by atoms with van der Waals surface area (Å²) >= 11 is 0. The molecule has 0 aliphatic carbocycles. The number of hydrogen-bond donors (Lipinski definition) is 1. The lowest BCUT2D eigenvalue weighted by Gasteiger charge is -2.28. The molecule has 1 rings (SSSR count). The van der Waals surface area contributed by atoms with Gasteiger partial charge in [0, 0.05) is 19.3 Å². The van der Waals surface area contributed by atoms with Crippen molar-refractivity contribution >= 4 is 0 Å². The van der Waals surface area contributed by atoms with Crippen LogP contribution in [-0.4, -0.2) is 38.0 Å². The number of rotatable bonds is 12. The molecule has 1 saturated heterocycles. The highest BCUT2D eigenvalue weighted by Crippen LogP contribution is 2.20. The van der Waals surface area contributed by atoms with Gasteiger partial charge in [-0.15, -0.1) is 0 Å². The van der Waals surface area contributed by atoms with Crippen molar-refractivity contribution in [1.29, 1.82) is 0 Å². The van der Waals surface area contributed by atoms with Crippen molar-refractivity contribution in [2.24, 2.45) is 0 Å². The van der Waals surface area contributed by atoms with Gasteiger partial charge in [-0.2, -0.15) is 0 Å². The van der Waals surface area contributed by atoms with Gasteiger partial charge in [0.25, 0.3) is 0 Å². The lowest BCUT2D eigenvalue weighted by molar-refractivity contribution is 0.0237. The van der Waals surface area contributed by atoms with Gasteiger partial charge in [0.05, 0.1) is 12.2 Å². The van der Waals surface area contributed by atoms with E-state index in [9.17, 15) is 0 Å². The average molecular weight is 285 g/mol. The SMILES string of the molecule is CCCNC(CCCC1CCCO1)C(CCC)OCC. The van der Waals surface area contributed by atoms with Crippen LogP contribution < -0.4 is 5.32 Å². The minimum Gasteiger partial charge on any atom is -0.378 e. The molecule has 20 heavy (non-hydrogen) atoms. The Balaban J connectivity index is 2.34. The molecule has 0 spiro atoms. The van der Waals surface area contributed by atoms with Crippen LogP contribution in [0.1, 0.15) is 72.1 Å². The van der Waals surface area contributed by atoms with Crippen LogP contribution >= 0.6 is 0 Å². The molecule has 1 fully saturated rings. The molecule has 1 heterocycles. The van der Waals surface area contributed by atoms with Gasteiger partial charge in [0.15, 0.2) is 0 Å². The van der Waals surface area contributed by atoms with Crippen molar-refractivity contribution in [1.82, 2.24) is 5.32 Å². The Morgan fingerprint density at radius 2 is 2.05 bits per heavy atom. The predicted octanol–water partition coefficient (Wildman–Crippen LogP) is 3.91. The zero-order valence-electron chi connectivity index (χ0n) is 13.8. The van der Waals surface area contributed by atoms with Gasteiger partial charge >= 0.3 is 0 Å². The maximum Gasteiger partial charge on any atom is 0.0727 e. The fourth-order valence-corrected chi connectivity index (χ4v) is 3.09. The summed E-state index contributed by atoms with van der Waals surface area (Å²) in [5, 5.41) is 3.70. The first-order chi connectivity index (χ1) is 9.81. The molecular weight excluding hydrogens is 250 g/mol. The minimum atomic E-state index is 0.376. The molecule has 1 aliphatic heterocycles. The Kier molecular flexibility index (Phi) is 10.3. The van der Waals surface area contributed by atoms with Crippen LogP contribution in [-0.2, 0) is 9.47 Å². The molecule has 0 aromatic heterocycles. The summed E-state index contributed by atoms with van der Waals surface area (Å²) in [5.74, 6) is 0. The third-order valence-corrected chi connectivity index (χ3v) is 4.12. The first-order valence-corrected chi connectivity index (χ1v) is 8.78. The molecular formula is C17H35NO2. The van der Waals surface area contributed by atoms with E-state index in [0.717, 1.165) is 26.2 Å². The summed E-state index contributed by atoms with van der Waals surface area (Å²) < 4.78 is 11.7. The van der Waals surface area contributed by atoms with Crippen molar-refractivity contribution in [2.75, 3.05) is 19.8 Å². The molecule has 0 aromatic rings. The van der Waals surface area contributed by atoms with Crippen LogP contribution in [0.4, 0.5) is 0 Å². The predicted molar refractivity (Wildman–Crippen MR) is 85.2 cm³/mol. The molecule has 1 aliphatic rings. The molecule has 3 atom stereocenters. The fourth-order valence-electron chi connectivity index (χ4n) is 3.09. The Morgan fingerprint density at radius 3 is 2.65 bits per heavy atom. The standard InChI is InChI=1S/C17H35NO2/c1-4-9-17(19-6-3)16(18-13-5-2)12-7-10-15-11-8-14-20-15/h15-18H,4-14H2,1-3H3.